The number of para-hydroxylation sites is 1. The third-order valence-electron chi connectivity index (χ3n) is 4.09. The fourth-order valence-corrected chi connectivity index (χ4v) is 3.10. The Morgan fingerprint density at radius 1 is 1.06 bits per heavy atom. The number of fused-ring (bicyclic) bond motifs is 1. The number of ether oxygens (including phenoxy) is 1. The van der Waals surface area contributed by atoms with E-state index >= 15 is 0 Å². The van der Waals surface area contributed by atoms with Crippen LogP contribution in [-0.2, 0) is 0 Å². The molecule has 0 unspecified atom stereocenters. The van der Waals surface area contributed by atoms with Crippen molar-refractivity contribution in [3.05, 3.63) is 29.8 Å². The van der Waals surface area contributed by atoms with Crippen molar-refractivity contribution in [2.45, 2.75) is 49.9 Å². The van der Waals surface area contributed by atoms with Crippen LogP contribution < -0.4 is 4.74 Å². The standard InChI is InChI=1S/C14H18O3/c15-12-10-6-2-3-7-11(10)17-14(13(12)16)8-4-1-5-9-14/h2-3,6-7,12-13,15-16H,1,4-5,8-9H2/t12-,13+/m1/s1. The number of benzene rings is 1. The zero-order valence-electron chi connectivity index (χ0n) is 9.80. The van der Waals surface area contributed by atoms with Crippen LogP contribution in [0.3, 0.4) is 0 Å². The molecule has 92 valence electrons. The second kappa shape index (κ2) is 4.00. The zero-order chi connectivity index (χ0) is 11.9. The predicted octanol–water partition coefficient (Wildman–Crippen LogP) is 2.18. The van der Waals surface area contributed by atoms with Gasteiger partial charge < -0.3 is 14.9 Å². The van der Waals surface area contributed by atoms with Gasteiger partial charge in [-0.05, 0) is 31.7 Å². The molecule has 0 saturated heterocycles. The SMILES string of the molecule is O[C@@H]1c2ccccc2OC2(CCCCC2)[C@H]1O. The van der Waals surface area contributed by atoms with Gasteiger partial charge in [-0.15, -0.1) is 0 Å². The smallest absolute Gasteiger partial charge is 0.138 e. The maximum atomic E-state index is 10.3. The van der Waals surface area contributed by atoms with Crippen LogP contribution in [0.5, 0.6) is 5.75 Å². The number of aliphatic hydroxyl groups is 2. The Morgan fingerprint density at radius 3 is 2.53 bits per heavy atom. The number of hydrogen-bond donors (Lipinski definition) is 2. The van der Waals surface area contributed by atoms with Crippen molar-refractivity contribution >= 4 is 0 Å². The van der Waals surface area contributed by atoms with Gasteiger partial charge in [-0.25, -0.2) is 0 Å². The molecule has 0 bridgehead atoms. The first-order valence-electron chi connectivity index (χ1n) is 6.37. The van der Waals surface area contributed by atoms with E-state index in [2.05, 4.69) is 0 Å². The molecule has 1 fully saturated rings. The molecule has 1 spiro atoms. The van der Waals surface area contributed by atoms with Crippen molar-refractivity contribution in [2.75, 3.05) is 0 Å². The van der Waals surface area contributed by atoms with E-state index in [0.717, 1.165) is 31.4 Å². The van der Waals surface area contributed by atoms with Gasteiger partial charge in [-0.1, -0.05) is 24.6 Å². The summed E-state index contributed by atoms with van der Waals surface area (Å²) in [6, 6.07) is 7.45. The Labute approximate surface area is 101 Å². The van der Waals surface area contributed by atoms with Crippen molar-refractivity contribution in [1.82, 2.24) is 0 Å². The summed E-state index contributed by atoms with van der Waals surface area (Å²) < 4.78 is 6.03. The summed E-state index contributed by atoms with van der Waals surface area (Å²) >= 11 is 0. The number of rotatable bonds is 0. The van der Waals surface area contributed by atoms with Crippen LogP contribution in [0.4, 0.5) is 0 Å². The first-order chi connectivity index (χ1) is 8.23. The molecule has 1 aromatic carbocycles. The lowest BCUT2D eigenvalue weighted by molar-refractivity contribution is -0.143. The van der Waals surface area contributed by atoms with Gasteiger partial charge >= 0.3 is 0 Å². The highest BCUT2D eigenvalue weighted by molar-refractivity contribution is 5.39. The lowest BCUT2D eigenvalue weighted by atomic mass is 9.76. The summed E-state index contributed by atoms with van der Waals surface area (Å²) in [5.41, 5.74) is 0.141. The Balaban J connectivity index is 2.00. The Morgan fingerprint density at radius 2 is 1.76 bits per heavy atom. The molecule has 17 heavy (non-hydrogen) atoms. The third-order valence-corrected chi connectivity index (χ3v) is 4.09. The Hall–Kier alpha value is -1.06. The van der Waals surface area contributed by atoms with Gasteiger partial charge in [-0.2, -0.15) is 0 Å². The molecule has 1 aliphatic heterocycles. The second-order valence-electron chi connectivity index (χ2n) is 5.15. The van der Waals surface area contributed by atoms with Crippen LogP contribution in [-0.4, -0.2) is 21.9 Å². The van der Waals surface area contributed by atoms with Crippen molar-refractivity contribution in [3.8, 4) is 5.75 Å². The largest absolute Gasteiger partial charge is 0.484 e. The minimum Gasteiger partial charge on any atom is -0.484 e. The fraction of sp³-hybridized carbons (Fsp3) is 0.571. The van der Waals surface area contributed by atoms with E-state index in [1.54, 1.807) is 0 Å². The van der Waals surface area contributed by atoms with E-state index in [1.165, 1.54) is 6.42 Å². The quantitative estimate of drug-likeness (QED) is 0.723. The normalized spacial score (nSPS) is 30.7. The molecule has 0 aromatic heterocycles. The highest BCUT2D eigenvalue weighted by atomic mass is 16.5. The molecule has 3 heteroatoms. The predicted molar refractivity (Wildman–Crippen MR) is 63.9 cm³/mol. The molecule has 1 saturated carbocycles. The first-order valence-corrected chi connectivity index (χ1v) is 6.37. The van der Waals surface area contributed by atoms with E-state index in [4.69, 9.17) is 4.74 Å². The van der Waals surface area contributed by atoms with E-state index in [0.29, 0.717) is 5.56 Å². The topological polar surface area (TPSA) is 49.7 Å². The average molecular weight is 234 g/mol. The van der Waals surface area contributed by atoms with Gasteiger partial charge in [-0.3, -0.25) is 0 Å². The molecule has 1 aromatic rings. The Bertz CT molecular complexity index is 410. The minimum atomic E-state index is -0.821. The van der Waals surface area contributed by atoms with Crippen LogP contribution >= 0.6 is 0 Å². The zero-order valence-corrected chi connectivity index (χ0v) is 9.80. The van der Waals surface area contributed by atoms with Crippen LogP contribution in [0.25, 0.3) is 0 Å². The summed E-state index contributed by atoms with van der Waals surface area (Å²) in [5, 5.41) is 20.5. The van der Waals surface area contributed by atoms with E-state index in [9.17, 15) is 10.2 Å². The van der Waals surface area contributed by atoms with E-state index in [1.807, 2.05) is 24.3 Å². The van der Waals surface area contributed by atoms with Gasteiger partial charge in [0.1, 0.15) is 23.6 Å². The highest BCUT2D eigenvalue weighted by Crippen LogP contribution is 2.45. The highest BCUT2D eigenvalue weighted by Gasteiger charge is 2.49. The van der Waals surface area contributed by atoms with Crippen molar-refractivity contribution in [2.24, 2.45) is 0 Å². The summed E-state index contributed by atoms with van der Waals surface area (Å²) in [5.74, 6) is 0.729. The van der Waals surface area contributed by atoms with Gasteiger partial charge in [0.2, 0.25) is 0 Å². The summed E-state index contributed by atoms with van der Waals surface area (Å²) in [6.45, 7) is 0. The van der Waals surface area contributed by atoms with Gasteiger partial charge in [0.05, 0.1) is 0 Å². The first kappa shape index (κ1) is 11.1. The lowest BCUT2D eigenvalue weighted by Crippen LogP contribution is -2.54. The average Bonchev–Trinajstić information content (AvgIpc) is 2.37. The van der Waals surface area contributed by atoms with E-state index < -0.39 is 17.8 Å². The molecule has 0 amide bonds. The van der Waals surface area contributed by atoms with Crippen LogP contribution in [0.15, 0.2) is 24.3 Å². The molecule has 1 heterocycles. The summed E-state index contributed by atoms with van der Waals surface area (Å²) in [7, 11) is 0. The maximum absolute atomic E-state index is 10.3. The molecule has 2 atom stereocenters. The van der Waals surface area contributed by atoms with Gasteiger partial charge in [0, 0.05) is 5.56 Å². The van der Waals surface area contributed by atoms with Crippen molar-refractivity contribution < 1.29 is 14.9 Å². The van der Waals surface area contributed by atoms with Gasteiger partial charge in [0.25, 0.3) is 0 Å². The lowest BCUT2D eigenvalue weighted by Gasteiger charge is -2.46. The Kier molecular flexibility index (Phi) is 2.60. The molecule has 0 radical (unpaired) electrons. The number of hydrogen-bond acceptors (Lipinski definition) is 3. The molecule has 3 rings (SSSR count). The third kappa shape index (κ3) is 1.65. The molecule has 1 aliphatic carbocycles. The molecule has 2 aliphatic rings. The van der Waals surface area contributed by atoms with Crippen LogP contribution in [0.1, 0.15) is 43.8 Å². The van der Waals surface area contributed by atoms with Crippen molar-refractivity contribution in [3.63, 3.8) is 0 Å². The minimum absolute atomic E-state index is 0.563. The van der Waals surface area contributed by atoms with E-state index in [-0.39, 0.29) is 0 Å². The maximum Gasteiger partial charge on any atom is 0.138 e. The van der Waals surface area contributed by atoms with Crippen molar-refractivity contribution in [1.29, 1.82) is 0 Å². The fourth-order valence-electron chi connectivity index (χ4n) is 3.10. The molecule has 2 N–H and O–H groups in total. The second-order valence-corrected chi connectivity index (χ2v) is 5.15. The van der Waals surface area contributed by atoms with Crippen LogP contribution in [0.2, 0.25) is 0 Å². The summed E-state index contributed by atoms with van der Waals surface area (Å²) in [6.07, 6.45) is 3.35. The molecular weight excluding hydrogens is 216 g/mol. The molecule has 3 nitrogen and oxygen atoms in total. The monoisotopic (exact) mass is 234 g/mol. The molecular formula is C14H18O3. The van der Waals surface area contributed by atoms with Crippen LogP contribution in [0, 0.1) is 0 Å². The van der Waals surface area contributed by atoms with Gasteiger partial charge in [0.15, 0.2) is 0 Å². The number of aliphatic hydroxyl groups excluding tert-OH is 2. The summed E-state index contributed by atoms with van der Waals surface area (Å²) in [4.78, 5) is 0.